The second kappa shape index (κ2) is 6.20. The Morgan fingerprint density at radius 2 is 1.89 bits per heavy atom. The number of benzene rings is 1. The van der Waals surface area contributed by atoms with Gasteiger partial charge in [-0.2, -0.15) is 0 Å². The largest absolute Gasteiger partial charge is 0.331 e. The summed E-state index contributed by atoms with van der Waals surface area (Å²) in [6.45, 7) is 1.90. The van der Waals surface area contributed by atoms with E-state index in [0.717, 1.165) is 5.56 Å². The molecule has 1 aromatic heterocycles. The highest BCUT2D eigenvalue weighted by Gasteiger charge is 2.10. The average Bonchev–Trinajstić information content (AvgIpc) is 2.42. The van der Waals surface area contributed by atoms with E-state index in [-0.39, 0.29) is 12.1 Å². The predicted octanol–water partition coefficient (Wildman–Crippen LogP) is 3.62. The Morgan fingerprint density at radius 1 is 1.21 bits per heavy atom. The van der Waals surface area contributed by atoms with Crippen LogP contribution in [-0.2, 0) is 0 Å². The summed E-state index contributed by atoms with van der Waals surface area (Å²) >= 11 is 5.97. The second-order valence-corrected chi connectivity index (χ2v) is 4.49. The van der Waals surface area contributed by atoms with Gasteiger partial charge in [-0.05, 0) is 36.8 Å². The molecule has 1 unspecified atom stereocenters. The number of nitrogens with one attached hydrogen (secondary N) is 2. The molecule has 2 N–H and O–H groups in total. The van der Waals surface area contributed by atoms with Gasteiger partial charge in [-0.3, -0.25) is 4.98 Å². The van der Waals surface area contributed by atoms with E-state index in [1.54, 1.807) is 24.5 Å². The zero-order valence-electron chi connectivity index (χ0n) is 10.4. The van der Waals surface area contributed by atoms with Gasteiger partial charge in [0.15, 0.2) is 0 Å². The molecule has 2 amide bonds. The number of hydrogen-bond acceptors (Lipinski definition) is 2. The molecular weight excluding hydrogens is 262 g/mol. The third kappa shape index (κ3) is 3.69. The number of para-hydroxylation sites is 1. The van der Waals surface area contributed by atoms with Crippen molar-refractivity contribution < 1.29 is 4.79 Å². The zero-order valence-corrected chi connectivity index (χ0v) is 11.2. The molecule has 0 aliphatic carbocycles. The molecule has 0 fully saturated rings. The lowest BCUT2D eigenvalue weighted by atomic mass is 10.1. The smallest absolute Gasteiger partial charge is 0.319 e. The maximum atomic E-state index is 11.9. The monoisotopic (exact) mass is 275 g/mol. The van der Waals surface area contributed by atoms with Crippen LogP contribution in [0.1, 0.15) is 18.5 Å². The van der Waals surface area contributed by atoms with Crippen LogP contribution in [0.4, 0.5) is 10.5 Å². The van der Waals surface area contributed by atoms with Crippen LogP contribution < -0.4 is 10.6 Å². The van der Waals surface area contributed by atoms with Gasteiger partial charge in [0.05, 0.1) is 16.8 Å². The minimum absolute atomic E-state index is 0.106. The van der Waals surface area contributed by atoms with Gasteiger partial charge in [0, 0.05) is 12.4 Å². The molecule has 5 heteroatoms. The molecule has 0 spiro atoms. The van der Waals surface area contributed by atoms with Gasteiger partial charge in [0.1, 0.15) is 0 Å². The molecule has 1 atom stereocenters. The van der Waals surface area contributed by atoms with Crippen molar-refractivity contribution >= 4 is 23.3 Å². The van der Waals surface area contributed by atoms with Crippen LogP contribution >= 0.6 is 11.6 Å². The third-order valence-corrected chi connectivity index (χ3v) is 3.01. The highest BCUT2D eigenvalue weighted by Crippen LogP contribution is 2.20. The van der Waals surface area contributed by atoms with E-state index in [2.05, 4.69) is 15.6 Å². The fourth-order valence-electron chi connectivity index (χ4n) is 1.65. The van der Waals surface area contributed by atoms with Gasteiger partial charge >= 0.3 is 6.03 Å². The molecule has 0 radical (unpaired) electrons. The fraction of sp³-hybridized carbons (Fsp3) is 0.143. The van der Waals surface area contributed by atoms with Crippen LogP contribution in [0, 0.1) is 0 Å². The molecule has 4 nitrogen and oxygen atoms in total. The molecule has 0 saturated carbocycles. The summed E-state index contributed by atoms with van der Waals surface area (Å²) in [5.74, 6) is 0. The number of carbonyl (C=O) groups excluding carboxylic acids is 1. The van der Waals surface area contributed by atoms with E-state index in [4.69, 9.17) is 11.6 Å². The number of pyridine rings is 1. The standard InChI is InChI=1S/C14H14ClN3O/c1-10(11-6-8-16-9-7-11)17-14(19)18-13-5-3-2-4-12(13)15/h2-10H,1H3,(H2,17,18,19). The first-order valence-electron chi connectivity index (χ1n) is 5.89. The average molecular weight is 276 g/mol. The highest BCUT2D eigenvalue weighted by molar-refractivity contribution is 6.33. The molecule has 1 heterocycles. The van der Waals surface area contributed by atoms with Crippen LogP contribution in [0.15, 0.2) is 48.8 Å². The Labute approximate surface area is 116 Å². The summed E-state index contributed by atoms with van der Waals surface area (Å²) in [6, 6.07) is 10.4. The summed E-state index contributed by atoms with van der Waals surface area (Å²) in [6.07, 6.45) is 3.39. The van der Waals surface area contributed by atoms with Crippen molar-refractivity contribution in [3.63, 3.8) is 0 Å². The lowest BCUT2D eigenvalue weighted by molar-refractivity contribution is 0.249. The molecule has 1 aromatic carbocycles. The molecule has 0 aliphatic heterocycles. The Kier molecular flexibility index (Phi) is 4.36. The van der Waals surface area contributed by atoms with Crippen molar-refractivity contribution in [1.29, 1.82) is 0 Å². The topological polar surface area (TPSA) is 54.0 Å². The number of halogens is 1. The SMILES string of the molecule is CC(NC(=O)Nc1ccccc1Cl)c1ccncc1. The Balaban J connectivity index is 1.97. The zero-order chi connectivity index (χ0) is 13.7. The van der Waals surface area contributed by atoms with Gasteiger partial charge in [0.25, 0.3) is 0 Å². The number of nitrogens with zero attached hydrogens (tertiary/aromatic N) is 1. The number of urea groups is 1. The number of carbonyl (C=O) groups is 1. The molecular formula is C14H14ClN3O. The van der Waals surface area contributed by atoms with Gasteiger partial charge in [-0.15, -0.1) is 0 Å². The summed E-state index contributed by atoms with van der Waals surface area (Å²) in [5, 5.41) is 6.06. The maximum absolute atomic E-state index is 11.9. The van der Waals surface area contributed by atoms with Crippen LogP contribution in [0.3, 0.4) is 0 Å². The molecule has 2 rings (SSSR count). The van der Waals surface area contributed by atoms with Gasteiger partial charge in [0.2, 0.25) is 0 Å². The predicted molar refractivity (Wildman–Crippen MR) is 76.3 cm³/mol. The van der Waals surface area contributed by atoms with Crippen LogP contribution in [0.5, 0.6) is 0 Å². The minimum Gasteiger partial charge on any atom is -0.331 e. The number of rotatable bonds is 3. The van der Waals surface area contributed by atoms with E-state index < -0.39 is 0 Å². The van der Waals surface area contributed by atoms with Crippen LogP contribution in [-0.4, -0.2) is 11.0 Å². The Morgan fingerprint density at radius 3 is 2.58 bits per heavy atom. The molecule has 0 saturated heterocycles. The van der Waals surface area contributed by atoms with E-state index in [9.17, 15) is 4.79 Å². The Hall–Kier alpha value is -2.07. The minimum atomic E-state index is -0.294. The van der Waals surface area contributed by atoms with E-state index in [1.165, 1.54) is 0 Å². The molecule has 2 aromatic rings. The maximum Gasteiger partial charge on any atom is 0.319 e. The van der Waals surface area contributed by atoms with Gasteiger partial charge in [-0.1, -0.05) is 23.7 Å². The van der Waals surface area contributed by atoms with Gasteiger partial charge in [-0.25, -0.2) is 4.79 Å². The molecule has 19 heavy (non-hydrogen) atoms. The number of amides is 2. The van der Waals surface area contributed by atoms with Crippen molar-refractivity contribution in [1.82, 2.24) is 10.3 Å². The van der Waals surface area contributed by atoms with Crippen molar-refractivity contribution in [2.45, 2.75) is 13.0 Å². The highest BCUT2D eigenvalue weighted by atomic mass is 35.5. The first kappa shape index (κ1) is 13.4. The van der Waals surface area contributed by atoms with E-state index >= 15 is 0 Å². The third-order valence-electron chi connectivity index (χ3n) is 2.68. The van der Waals surface area contributed by atoms with Crippen LogP contribution in [0.25, 0.3) is 0 Å². The molecule has 0 bridgehead atoms. The quantitative estimate of drug-likeness (QED) is 0.899. The lowest BCUT2D eigenvalue weighted by Crippen LogP contribution is -2.31. The lowest BCUT2D eigenvalue weighted by Gasteiger charge is -2.15. The first-order chi connectivity index (χ1) is 9.16. The normalized spacial score (nSPS) is 11.7. The first-order valence-corrected chi connectivity index (χ1v) is 6.26. The number of anilines is 1. The number of aromatic nitrogens is 1. The fourth-order valence-corrected chi connectivity index (χ4v) is 1.84. The molecule has 0 aliphatic rings. The van der Waals surface area contributed by atoms with Crippen LogP contribution in [0.2, 0.25) is 5.02 Å². The van der Waals surface area contributed by atoms with E-state index in [1.807, 2.05) is 31.2 Å². The van der Waals surface area contributed by atoms with Crippen molar-refractivity contribution in [2.75, 3.05) is 5.32 Å². The van der Waals surface area contributed by atoms with Crippen molar-refractivity contribution in [2.24, 2.45) is 0 Å². The molecule has 98 valence electrons. The summed E-state index contributed by atoms with van der Waals surface area (Å²) in [5.41, 5.74) is 1.58. The van der Waals surface area contributed by atoms with Gasteiger partial charge < -0.3 is 10.6 Å². The second-order valence-electron chi connectivity index (χ2n) is 4.08. The summed E-state index contributed by atoms with van der Waals surface area (Å²) in [4.78, 5) is 15.8. The summed E-state index contributed by atoms with van der Waals surface area (Å²) < 4.78 is 0. The summed E-state index contributed by atoms with van der Waals surface area (Å²) in [7, 11) is 0. The van der Waals surface area contributed by atoms with Crippen molar-refractivity contribution in [3.8, 4) is 0 Å². The van der Waals surface area contributed by atoms with Crippen molar-refractivity contribution in [3.05, 3.63) is 59.4 Å². The Bertz CT molecular complexity index is 560. The van der Waals surface area contributed by atoms with E-state index in [0.29, 0.717) is 10.7 Å². The number of hydrogen-bond donors (Lipinski definition) is 2.